The number of nitrogens with zero attached hydrogens (tertiary/aromatic N) is 1. The molecule has 0 aromatic heterocycles. The second-order valence-electron chi connectivity index (χ2n) is 5.66. The van der Waals surface area contributed by atoms with Gasteiger partial charge < -0.3 is 0 Å². The van der Waals surface area contributed by atoms with Crippen molar-refractivity contribution in [2.45, 2.75) is 39.2 Å². The minimum absolute atomic E-state index is 0.0672. The zero-order chi connectivity index (χ0) is 17.0. The maximum atomic E-state index is 12.3. The molecule has 1 aromatic carbocycles. The summed E-state index contributed by atoms with van der Waals surface area (Å²) in [6.45, 7) is 4.10. The van der Waals surface area contributed by atoms with Gasteiger partial charge >= 0.3 is 0 Å². The van der Waals surface area contributed by atoms with Crippen LogP contribution in [0, 0.1) is 6.92 Å². The van der Waals surface area contributed by atoms with Gasteiger partial charge in [-0.1, -0.05) is 24.6 Å². The van der Waals surface area contributed by atoms with Crippen LogP contribution in [0.1, 0.15) is 31.7 Å². The fourth-order valence-electron chi connectivity index (χ4n) is 2.60. The van der Waals surface area contributed by atoms with Crippen molar-refractivity contribution in [2.75, 3.05) is 17.7 Å². The summed E-state index contributed by atoms with van der Waals surface area (Å²) in [5, 5.41) is 0.595. The van der Waals surface area contributed by atoms with E-state index in [-0.39, 0.29) is 11.7 Å². The summed E-state index contributed by atoms with van der Waals surface area (Å²) in [6.07, 6.45) is 1.76. The largest absolute Gasteiger partial charge is 0.299 e. The summed E-state index contributed by atoms with van der Waals surface area (Å²) >= 11 is 6.03. The van der Waals surface area contributed by atoms with Crippen molar-refractivity contribution in [2.24, 2.45) is 0 Å². The summed E-state index contributed by atoms with van der Waals surface area (Å²) in [7, 11) is -3.38. The Labute approximate surface area is 142 Å². The van der Waals surface area contributed by atoms with E-state index in [0.29, 0.717) is 36.5 Å². The summed E-state index contributed by atoms with van der Waals surface area (Å²) in [4.78, 5) is 12.3. The normalized spacial score (nSPS) is 18.8. The number of carbonyl (C=O) groups is 1. The van der Waals surface area contributed by atoms with E-state index >= 15 is 0 Å². The number of sulfonamides is 1. The first-order chi connectivity index (χ1) is 10.8. The predicted octanol–water partition coefficient (Wildman–Crippen LogP) is 2.30. The summed E-state index contributed by atoms with van der Waals surface area (Å²) in [5.41, 5.74) is 6.95. The minimum Gasteiger partial charge on any atom is -0.299 e. The van der Waals surface area contributed by atoms with Gasteiger partial charge in [0.05, 0.1) is 11.4 Å². The second-order valence-corrected chi connectivity index (χ2v) is 8.11. The van der Waals surface area contributed by atoms with Gasteiger partial charge in [0.15, 0.2) is 0 Å². The highest BCUT2D eigenvalue weighted by molar-refractivity contribution is 7.89. The molecule has 1 aliphatic rings. The number of hydrogen-bond donors (Lipinski definition) is 2. The van der Waals surface area contributed by atoms with Gasteiger partial charge in [0.2, 0.25) is 10.0 Å². The number of rotatable bonds is 6. The van der Waals surface area contributed by atoms with Gasteiger partial charge in [0.25, 0.3) is 5.91 Å². The number of carbonyl (C=O) groups excluding carboxylic acids is 1. The molecule has 2 rings (SSSR count). The molecular formula is C15H22ClN3O3S. The van der Waals surface area contributed by atoms with Crippen LogP contribution < -0.4 is 10.9 Å². The number of aryl methyl sites for hydroxylation is 1. The van der Waals surface area contributed by atoms with Crippen molar-refractivity contribution in [3.63, 3.8) is 0 Å². The van der Waals surface area contributed by atoms with Crippen molar-refractivity contribution >= 4 is 33.2 Å². The summed E-state index contributed by atoms with van der Waals surface area (Å²) < 4.78 is 25.7. The zero-order valence-electron chi connectivity index (χ0n) is 13.3. The average Bonchev–Trinajstić information content (AvgIpc) is 2.98. The molecule has 1 amide bonds. The number of halogens is 1. The topological polar surface area (TPSA) is 78.5 Å². The third-order valence-electron chi connectivity index (χ3n) is 3.83. The molecule has 1 atom stereocenters. The monoisotopic (exact) mass is 359 g/mol. The molecule has 23 heavy (non-hydrogen) atoms. The first kappa shape index (κ1) is 18.0. The number of anilines is 1. The Balaban J connectivity index is 2.00. The molecule has 1 heterocycles. The quantitative estimate of drug-likeness (QED) is 0.764. The minimum atomic E-state index is -3.38. The Hall–Kier alpha value is -1.31. The van der Waals surface area contributed by atoms with E-state index in [2.05, 4.69) is 10.9 Å². The molecule has 1 aromatic rings. The Morgan fingerprint density at radius 1 is 1.43 bits per heavy atom. The molecule has 1 saturated heterocycles. The Kier molecular flexibility index (Phi) is 5.89. The second kappa shape index (κ2) is 7.51. The maximum absolute atomic E-state index is 12.3. The summed E-state index contributed by atoms with van der Waals surface area (Å²) in [6, 6.07) is 4.68. The fourth-order valence-corrected chi connectivity index (χ4v) is 4.53. The molecule has 0 bridgehead atoms. The highest BCUT2D eigenvalue weighted by Gasteiger charge is 2.38. The molecule has 8 heteroatoms. The molecule has 1 unspecified atom stereocenters. The van der Waals surface area contributed by atoms with Crippen LogP contribution in [0.3, 0.4) is 0 Å². The number of hydrazine groups is 1. The molecule has 0 saturated carbocycles. The van der Waals surface area contributed by atoms with Crippen LogP contribution in [0.25, 0.3) is 0 Å². The van der Waals surface area contributed by atoms with E-state index in [1.165, 1.54) is 4.31 Å². The fraction of sp³-hybridized carbons (Fsp3) is 0.533. The first-order valence-corrected chi connectivity index (χ1v) is 9.65. The van der Waals surface area contributed by atoms with E-state index in [9.17, 15) is 13.2 Å². The zero-order valence-corrected chi connectivity index (χ0v) is 14.9. The van der Waals surface area contributed by atoms with Crippen LogP contribution in [0.4, 0.5) is 5.69 Å². The molecule has 0 aliphatic carbocycles. The number of amides is 1. The van der Waals surface area contributed by atoms with Crippen LogP contribution in [0.5, 0.6) is 0 Å². The lowest BCUT2D eigenvalue weighted by Crippen LogP contribution is -2.48. The van der Waals surface area contributed by atoms with E-state index in [0.717, 1.165) is 5.56 Å². The molecule has 0 radical (unpaired) electrons. The lowest BCUT2D eigenvalue weighted by atomic mass is 10.2. The lowest BCUT2D eigenvalue weighted by molar-refractivity contribution is -0.123. The van der Waals surface area contributed by atoms with Crippen molar-refractivity contribution in [1.29, 1.82) is 0 Å². The van der Waals surface area contributed by atoms with E-state index in [4.69, 9.17) is 11.6 Å². The van der Waals surface area contributed by atoms with Crippen molar-refractivity contribution < 1.29 is 13.2 Å². The average molecular weight is 360 g/mol. The van der Waals surface area contributed by atoms with Crippen LogP contribution in [-0.2, 0) is 14.8 Å². The van der Waals surface area contributed by atoms with Crippen LogP contribution >= 0.6 is 11.6 Å². The van der Waals surface area contributed by atoms with E-state index in [1.807, 2.05) is 19.9 Å². The Morgan fingerprint density at radius 3 is 2.83 bits per heavy atom. The lowest BCUT2D eigenvalue weighted by Gasteiger charge is -2.23. The Bertz CT molecular complexity index is 679. The predicted molar refractivity (Wildman–Crippen MR) is 91.8 cm³/mol. The molecule has 1 aliphatic heterocycles. The maximum Gasteiger partial charge on any atom is 0.256 e. The molecule has 0 spiro atoms. The third kappa shape index (κ3) is 4.37. The van der Waals surface area contributed by atoms with Gasteiger partial charge in [-0.15, -0.1) is 0 Å². The summed E-state index contributed by atoms with van der Waals surface area (Å²) in [5.74, 6) is -0.281. The number of nitrogens with one attached hydrogen (secondary N) is 2. The van der Waals surface area contributed by atoms with Gasteiger partial charge in [0.1, 0.15) is 6.04 Å². The molecule has 6 nitrogen and oxygen atoms in total. The standard InChI is InChI=1S/C15H22ClN3O3S/c1-3-9-23(21,22)19-8-4-5-14(19)15(20)18-17-12-7-6-11(2)13(16)10-12/h6-7,10,14,17H,3-5,8-9H2,1-2H3,(H,18,20). The molecule has 2 N–H and O–H groups in total. The number of hydrogen-bond acceptors (Lipinski definition) is 4. The smallest absolute Gasteiger partial charge is 0.256 e. The van der Waals surface area contributed by atoms with Crippen LogP contribution in [-0.4, -0.2) is 37.0 Å². The molecular weight excluding hydrogens is 338 g/mol. The van der Waals surface area contributed by atoms with Gasteiger partial charge in [-0.2, -0.15) is 4.31 Å². The Morgan fingerprint density at radius 2 is 2.17 bits per heavy atom. The van der Waals surface area contributed by atoms with Gasteiger partial charge in [-0.3, -0.25) is 15.6 Å². The van der Waals surface area contributed by atoms with Gasteiger partial charge in [-0.05, 0) is 43.9 Å². The van der Waals surface area contributed by atoms with E-state index < -0.39 is 16.1 Å². The van der Waals surface area contributed by atoms with Crippen LogP contribution in [0.2, 0.25) is 5.02 Å². The third-order valence-corrected chi connectivity index (χ3v) is 6.31. The first-order valence-electron chi connectivity index (χ1n) is 7.66. The van der Waals surface area contributed by atoms with Crippen molar-refractivity contribution in [3.05, 3.63) is 28.8 Å². The highest BCUT2D eigenvalue weighted by atomic mass is 35.5. The molecule has 128 valence electrons. The van der Waals surface area contributed by atoms with E-state index in [1.54, 1.807) is 12.1 Å². The van der Waals surface area contributed by atoms with Crippen molar-refractivity contribution in [3.8, 4) is 0 Å². The SMILES string of the molecule is CCCS(=O)(=O)N1CCCC1C(=O)NNc1ccc(C)c(Cl)c1. The van der Waals surface area contributed by atoms with Gasteiger partial charge in [0, 0.05) is 11.6 Å². The molecule has 1 fully saturated rings. The highest BCUT2D eigenvalue weighted by Crippen LogP contribution is 2.23. The van der Waals surface area contributed by atoms with Crippen molar-refractivity contribution in [1.82, 2.24) is 9.73 Å². The van der Waals surface area contributed by atoms with Crippen LogP contribution in [0.15, 0.2) is 18.2 Å². The van der Waals surface area contributed by atoms with Gasteiger partial charge in [-0.25, -0.2) is 8.42 Å². The number of benzene rings is 1.